The van der Waals surface area contributed by atoms with Gasteiger partial charge < -0.3 is 10.6 Å². The van der Waals surface area contributed by atoms with Crippen LogP contribution in [0.4, 0.5) is 22.7 Å². The van der Waals surface area contributed by atoms with Crippen LogP contribution in [0.15, 0.2) is 91.0 Å². The Labute approximate surface area is 195 Å². The van der Waals surface area contributed by atoms with Gasteiger partial charge in [0, 0.05) is 38.5 Å². The smallest absolute Gasteiger partial charge is 0.0505 e. The Bertz CT molecular complexity index is 1310. The number of nitrogens with one attached hydrogen (secondary N) is 2. The summed E-state index contributed by atoms with van der Waals surface area (Å²) in [5.74, 6) is 0. The highest BCUT2D eigenvalue weighted by Crippen LogP contribution is 2.36. The van der Waals surface area contributed by atoms with Crippen molar-refractivity contribution in [1.29, 1.82) is 0 Å². The third-order valence-corrected chi connectivity index (χ3v) is 6.01. The van der Waals surface area contributed by atoms with Crippen molar-refractivity contribution in [1.82, 2.24) is 0 Å². The standard InChI is InChI=1S/C26H17Cl3N2/c27-18-13-19(30-23-11-3-7-16-5-1-9-21(28)25(16)23)15-20(14-18)31-24-12-4-8-17-6-2-10-22(29)26(17)24/h1-15,30-31H. The minimum atomic E-state index is 0.616. The summed E-state index contributed by atoms with van der Waals surface area (Å²) in [4.78, 5) is 0. The molecule has 0 aliphatic heterocycles. The Morgan fingerprint density at radius 3 is 1.35 bits per heavy atom. The lowest BCUT2D eigenvalue weighted by atomic mass is 10.1. The SMILES string of the molecule is Clc1cc(Nc2cccc3cccc(Cl)c23)cc(Nc2cccc3cccc(Cl)c23)c1. The van der Waals surface area contributed by atoms with Crippen LogP contribution in [0.1, 0.15) is 0 Å². The number of hydrogen-bond acceptors (Lipinski definition) is 2. The minimum absolute atomic E-state index is 0.616. The summed E-state index contributed by atoms with van der Waals surface area (Å²) in [5, 5.41) is 13.0. The molecule has 0 fully saturated rings. The summed E-state index contributed by atoms with van der Waals surface area (Å²) in [6.07, 6.45) is 0. The van der Waals surface area contributed by atoms with Crippen LogP contribution in [0.5, 0.6) is 0 Å². The van der Waals surface area contributed by atoms with E-state index in [0.717, 1.165) is 44.3 Å². The van der Waals surface area contributed by atoms with Crippen LogP contribution in [0.2, 0.25) is 15.1 Å². The molecule has 0 unspecified atom stereocenters. The average molecular weight is 464 g/mol. The Hall–Kier alpha value is -2.91. The van der Waals surface area contributed by atoms with Crippen LogP contribution in [0.3, 0.4) is 0 Å². The van der Waals surface area contributed by atoms with Crippen molar-refractivity contribution in [2.24, 2.45) is 0 Å². The topological polar surface area (TPSA) is 24.1 Å². The van der Waals surface area contributed by atoms with Gasteiger partial charge >= 0.3 is 0 Å². The first-order chi connectivity index (χ1) is 15.1. The number of halogens is 3. The Balaban J connectivity index is 1.53. The second-order valence-electron chi connectivity index (χ2n) is 7.27. The van der Waals surface area contributed by atoms with Crippen LogP contribution in [-0.4, -0.2) is 0 Å². The molecule has 5 rings (SSSR count). The van der Waals surface area contributed by atoms with Crippen molar-refractivity contribution in [3.8, 4) is 0 Å². The maximum Gasteiger partial charge on any atom is 0.0505 e. The van der Waals surface area contributed by atoms with Crippen molar-refractivity contribution >= 4 is 79.1 Å². The van der Waals surface area contributed by atoms with Gasteiger partial charge in [-0.05, 0) is 53.2 Å². The fraction of sp³-hybridized carbons (Fsp3) is 0. The Morgan fingerprint density at radius 1 is 0.484 bits per heavy atom. The van der Waals surface area contributed by atoms with Gasteiger partial charge in [0.15, 0.2) is 0 Å². The van der Waals surface area contributed by atoms with Gasteiger partial charge in [0.1, 0.15) is 0 Å². The zero-order valence-electron chi connectivity index (χ0n) is 16.3. The fourth-order valence-corrected chi connectivity index (χ4v) is 4.65. The monoisotopic (exact) mass is 462 g/mol. The predicted molar refractivity (Wildman–Crippen MR) is 136 cm³/mol. The van der Waals surface area contributed by atoms with Crippen LogP contribution in [0, 0.1) is 0 Å². The quantitative estimate of drug-likeness (QED) is 0.277. The summed E-state index contributed by atoms with van der Waals surface area (Å²) >= 11 is 19.4. The van der Waals surface area contributed by atoms with Crippen LogP contribution < -0.4 is 10.6 Å². The Morgan fingerprint density at radius 2 is 0.903 bits per heavy atom. The van der Waals surface area contributed by atoms with E-state index in [1.165, 1.54) is 0 Å². The molecule has 2 nitrogen and oxygen atoms in total. The Kier molecular flexibility index (Phi) is 5.37. The summed E-state index contributed by atoms with van der Waals surface area (Å²) in [6, 6.07) is 29.7. The molecule has 0 radical (unpaired) electrons. The summed E-state index contributed by atoms with van der Waals surface area (Å²) in [7, 11) is 0. The second-order valence-corrected chi connectivity index (χ2v) is 8.52. The first-order valence-electron chi connectivity index (χ1n) is 9.78. The molecule has 5 aromatic carbocycles. The third kappa shape index (κ3) is 4.03. The van der Waals surface area contributed by atoms with E-state index in [4.69, 9.17) is 34.8 Å². The highest BCUT2D eigenvalue weighted by Gasteiger charge is 2.09. The highest BCUT2D eigenvalue weighted by molar-refractivity contribution is 6.37. The molecule has 0 aliphatic rings. The van der Waals surface area contributed by atoms with Crippen LogP contribution >= 0.6 is 34.8 Å². The van der Waals surface area contributed by atoms with Crippen LogP contribution in [0.25, 0.3) is 21.5 Å². The summed E-state index contributed by atoms with van der Waals surface area (Å²) in [5.41, 5.74) is 3.55. The van der Waals surface area contributed by atoms with E-state index in [1.54, 1.807) is 0 Å². The van der Waals surface area contributed by atoms with Gasteiger partial charge in [0.25, 0.3) is 0 Å². The van der Waals surface area contributed by atoms with Crippen molar-refractivity contribution in [3.05, 3.63) is 106 Å². The molecule has 31 heavy (non-hydrogen) atoms. The normalized spacial score (nSPS) is 11.1. The van der Waals surface area contributed by atoms with Gasteiger partial charge in [0.05, 0.1) is 10.0 Å². The maximum absolute atomic E-state index is 6.48. The van der Waals surface area contributed by atoms with Crippen molar-refractivity contribution < 1.29 is 0 Å². The number of fused-ring (bicyclic) bond motifs is 2. The zero-order valence-corrected chi connectivity index (χ0v) is 18.6. The van der Waals surface area contributed by atoms with Gasteiger partial charge in [-0.25, -0.2) is 0 Å². The largest absolute Gasteiger partial charge is 0.355 e. The van der Waals surface area contributed by atoms with Gasteiger partial charge in [-0.15, -0.1) is 0 Å². The molecular weight excluding hydrogens is 447 g/mol. The lowest BCUT2D eigenvalue weighted by Gasteiger charge is -2.15. The molecule has 5 heteroatoms. The van der Waals surface area contributed by atoms with E-state index >= 15 is 0 Å². The molecule has 5 aromatic rings. The second kappa shape index (κ2) is 8.32. The fourth-order valence-electron chi connectivity index (χ4n) is 3.84. The molecular formula is C26H17Cl3N2. The zero-order chi connectivity index (χ0) is 21.4. The molecule has 0 spiro atoms. The number of anilines is 4. The van der Waals surface area contributed by atoms with Gasteiger partial charge in [-0.2, -0.15) is 0 Å². The van der Waals surface area contributed by atoms with Crippen molar-refractivity contribution in [2.75, 3.05) is 10.6 Å². The van der Waals surface area contributed by atoms with E-state index in [0.29, 0.717) is 15.1 Å². The molecule has 0 aromatic heterocycles. The first kappa shape index (κ1) is 20.0. The van der Waals surface area contributed by atoms with E-state index in [2.05, 4.69) is 10.6 Å². The predicted octanol–water partition coefficient (Wildman–Crippen LogP) is 9.44. The van der Waals surface area contributed by atoms with E-state index in [9.17, 15) is 0 Å². The third-order valence-electron chi connectivity index (χ3n) is 5.16. The first-order valence-corrected chi connectivity index (χ1v) is 10.9. The summed E-state index contributed by atoms with van der Waals surface area (Å²) in [6.45, 7) is 0. The molecule has 0 amide bonds. The molecule has 152 valence electrons. The average Bonchev–Trinajstić information content (AvgIpc) is 2.74. The highest BCUT2D eigenvalue weighted by atomic mass is 35.5. The molecule has 0 saturated carbocycles. The van der Waals surface area contributed by atoms with Gasteiger partial charge in [-0.3, -0.25) is 0 Å². The molecule has 0 atom stereocenters. The van der Waals surface area contributed by atoms with E-state index in [1.807, 2.05) is 91.0 Å². The molecule has 0 saturated heterocycles. The van der Waals surface area contributed by atoms with Gasteiger partial charge in [0.2, 0.25) is 0 Å². The number of hydrogen-bond donors (Lipinski definition) is 2. The van der Waals surface area contributed by atoms with Crippen molar-refractivity contribution in [3.63, 3.8) is 0 Å². The van der Waals surface area contributed by atoms with Gasteiger partial charge in [-0.1, -0.05) is 83.3 Å². The maximum atomic E-state index is 6.48. The van der Waals surface area contributed by atoms with Crippen molar-refractivity contribution in [2.45, 2.75) is 0 Å². The lowest BCUT2D eigenvalue weighted by molar-refractivity contribution is 1.54. The number of benzene rings is 5. The lowest BCUT2D eigenvalue weighted by Crippen LogP contribution is -1.96. The van der Waals surface area contributed by atoms with E-state index in [-0.39, 0.29) is 0 Å². The summed E-state index contributed by atoms with van der Waals surface area (Å²) < 4.78 is 0. The molecule has 0 aliphatic carbocycles. The molecule has 0 bridgehead atoms. The minimum Gasteiger partial charge on any atom is -0.355 e. The van der Waals surface area contributed by atoms with Crippen LogP contribution in [-0.2, 0) is 0 Å². The molecule has 0 heterocycles. The number of rotatable bonds is 4. The molecule has 2 N–H and O–H groups in total. The van der Waals surface area contributed by atoms with E-state index < -0.39 is 0 Å².